The third-order valence-electron chi connectivity index (χ3n) is 3.75. The molecule has 1 heterocycles. The van der Waals surface area contributed by atoms with Crippen LogP contribution in [0.25, 0.3) is 0 Å². The zero-order chi connectivity index (χ0) is 15.4. The quantitative estimate of drug-likeness (QED) is 0.773. The second kappa shape index (κ2) is 6.52. The van der Waals surface area contributed by atoms with Gasteiger partial charge < -0.3 is 14.6 Å². The van der Waals surface area contributed by atoms with Crippen molar-refractivity contribution in [2.75, 3.05) is 25.5 Å². The normalized spacial score (nSPS) is 15.9. The third-order valence-corrected chi connectivity index (χ3v) is 3.75. The summed E-state index contributed by atoms with van der Waals surface area (Å²) in [5.74, 6) is -0.413. The Kier molecular flexibility index (Phi) is 4.73. The van der Waals surface area contributed by atoms with Crippen LogP contribution in [0.4, 0.5) is 5.69 Å². The fourth-order valence-electron chi connectivity index (χ4n) is 2.60. The van der Waals surface area contributed by atoms with Gasteiger partial charge in [0.15, 0.2) is 0 Å². The molecule has 1 aromatic rings. The fraction of sp³-hybridized carbons (Fsp3) is 0.438. The highest BCUT2D eigenvalue weighted by atomic mass is 16.2. The van der Waals surface area contributed by atoms with E-state index in [1.807, 2.05) is 24.3 Å². The Balaban J connectivity index is 2.21. The van der Waals surface area contributed by atoms with E-state index in [1.54, 1.807) is 19.0 Å². The molecule has 1 saturated heterocycles. The summed E-state index contributed by atoms with van der Waals surface area (Å²) in [6.45, 7) is 0.743. The van der Waals surface area contributed by atoms with Gasteiger partial charge in [-0.2, -0.15) is 0 Å². The lowest BCUT2D eigenvalue weighted by Gasteiger charge is -2.20. The van der Waals surface area contributed by atoms with Gasteiger partial charge in [0, 0.05) is 39.2 Å². The molecule has 1 fully saturated rings. The number of carbonyl (C=O) groups is 3. The van der Waals surface area contributed by atoms with Crippen LogP contribution >= 0.6 is 0 Å². The van der Waals surface area contributed by atoms with Crippen LogP contribution in [0.15, 0.2) is 24.3 Å². The van der Waals surface area contributed by atoms with Crippen molar-refractivity contribution >= 4 is 23.8 Å². The highest BCUT2D eigenvalue weighted by Gasteiger charge is 2.24. The van der Waals surface area contributed by atoms with E-state index < -0.39 is 5.92 Å². The summed E-state index contributed by atoms with van der Waals surface area (Å²) in [7, 11) is 3.36. The van der Waals surface area contributed by atoms with Crippen molar-refractivity contribution in [1.29, 1.82) is 0 Å². The first-order valence-corrected chi connectivity index (χ1v) is 7.09. The highest BCUT2D eigenvalue weighted by Crippen LogP contribution is 2.26. The Morgan fingerprint density at radius 3 is 2.48 bits per heavy atom. The molecule has 1 aliphatic rings. The number of aldehydes is 1. The van der Waals surface area contributed by atoms with Crippen molar-refractivity contribution in [2.45, 2.75) is 25.2 Å². The first-order chi connectivity index (χ1) is 10.0. The van der Waals surface area contributed by atoms with Crippen molar-refractivity contribution in [3.63, 3.8) is 0 Å². The summed E-state index contributed by atoms with van der Waals surface area (Å²) in [6, 6.07) is 7.35. The van der Waals surface area contributed by atoms with Crippen molar-refractivity contribution < 1.29 is 14.4 Å². The lowest BCUT2D eigenvalue weighted by molar-refractivity contribution is -0.131. The second-order valence-corrected chi connectivity index (χ2v) is 5.43. The summed E-state index contributed by atoms with van der Waals surface area (Å²) < 4.78 is 0. The second-order valence-electron chi connectivity index (χ2n) is 5.43. The van der Waals surface area contributed by atoms with Gasteiger partial charge in [-0.15, -0.1) is 0 Å². The van der Waals surface area contributed by atoms with Crippen LogP contribution in [-0.2, 0) is 14.4 Å². The minimum Gasteiger partial charge on any atom is -0.348 e. The Labute approximate surface area is 124 Å². The van der Waals surface area contributed by atoms with Gasteiger partial charge in [0.25, 0.3) is 0 Å². The van der Waals surface area contributed by atoms with Gasteiger partial charge in [0.2, 0.25) is 11.8 Å². The molecule has 0 bridgehead atoms. The molecule has 112 valence electrons. The number of anilines is 1. The molecule has 1 atom stereocenters. The average molecular weight is 288 g/mol. The molecule has 5 nitrogen and oxygen atoms in total. The molecular formula is C16H20N2O3. The van der Waals surface area contributed by atoms with Crippen LogP contribution < -0.4 is 4.90 Å². The SMILES string of the molecule is CN(C)C(=O)C(CC=O)c1ccc(N2CCCC2=O)cc1. The van der Waals surface area contributed by atoms with E-state index in [0.29, 0.717) is 6.42 Å². The van der Waals surface area contributed by atoms with Crippen LogP contribution in [0.1, 0.15) is 30.7 Å². The Bertz CT molecular complexity index is 537. The molecule has 0 aromatic heterocycles. The molecule has 0 saturated carbocycles. The van der Waals surface area contributed by atoms with E-state index in [1.165, 1.54) is 4.90 Å². The number of benzene rings is 1. The molecule has 5 heteroatoms. The monoisotopic (exact) mass is 288 g/mol. The van der Waals surface area contributed by atoms with E-state index in [9.17, 15) is 14.4 Å². The van der Waals surface area contributed by atoms with Gasteiger partial charge in [-0.3, -0.25) is 9.59 Å². The number of rotatable bonds is 5. The first-order valence-electron chi connectivity index (χ1n) is 7.09. The van der Waals surface area contributed by atoms with Crippen molar-refractivity contribution in [3.05, 3.63) is 29.8 Å². The Hall–Kier alpha value is -2.17. The average Bonchev–Trinajstić information content (AvgIpc) is 2.90. The maximum atomic E-state index is 12.1. The molecule has 0 aliphatic carbocycles. The first kappa shape index (κ1) is 15.2. The summed E-state index contributed by atoms with van der Waals surface area (Å²) in [5.41, 5.74) is 1.65. The standard InChI is InChI=1S/C16H20N2O3/c1-17(2)16(21)14(9-11-19)12-5-7-13(8-6-12)18-10-3-4-15(18)20/h5-8,11,14H,3-4,9-10H2,1-2H3. The molecule has 0 radical (unpaired) electrons. The van der Waals surface area contributed by atoms with E-state index in [-0.39, 0.29) is 18.2 Å². The van der Waals surface area contributed by atoms with E-state index in [4.69, 9.17) is 0 Å². The van der Waals surface area contributed by atoms with Crippen LogP contribution in [0.2, 0.25) is 0 Å². The third kappa shape index (κ3) is 3.29. The number of hydrogen-bond donors (Lipinski definition) is 0. The predicted octanol–water partition coefficient (Wildman–Crippen LogP) is 1.57. The van der Waals surface area contributed by atoms with Crippen LogP contribution in [0.5, 0.6) is 0 Å². The van der Waals surface area contributed by atoms with Gasteiger partial charge in [-0.05, 0) is 24.1 Å². The summed E-state index contributed by atoms with van der Waals surface area (Å²) in [5, 5.41) is 0. The van der Waals surface area contributed by atoms with Crippen LogP contribution in [0.3, 0.4) is 0 Å². The van der Waals surface area contributed by atoms with Gasteiger partial charge in [0.1, 0.15) is 6.29 Å². The van der Waals surface area contributed by atoms with E-state index in [2.05, 4.69) is 0 Å². The molecular weight excluding hydrogens is 268 g/mol. The topological polar surface area (TPSA) is 57.7 Å². The lowest BCUT2D eigenvalue weighted by atomic mass is 9.94. The Morgan fingerprint density at radius 1 is 1.33 bits per heavy atom. The molecule has 1 unspecified atom stereocenters. The van der Waals surface area contributed by atoms with Gasteiger partial charge in [0.05, 0.1) is 5.92 Å². The van der Waals surface area contributed by atoms with Crippen LogP contribution in [-0.4, -0.2) is 43.6 Å². The minimum atomic E-state index is -0.458. The zero-order valence-electron chi connectivity index (χ0n) is 12.4. The van der Waals surface area contributed by atoms with Crippen molar-refractivity contribution in [1.82, 2.24) is 4.90 Å². The number of nitrogens with zero attached hydrogens (tertiary/aromatic N) is 2. The smallest absolute Gasteiger partial charge is 0.230 e. The predicted molar refractivity (Wildman–Crippen MR) is 80.1 cm³/mol. The summed E-state index contributed by atoms with van der Waals surface area (Å²) >= 11 is 0. The number of amides is 2. The van der Waals surface area contributed by atoms with Crippen molar-refractivity contribution in [2.24, 2.45) is 0 Å². The molecule has 21 heavy (non-hydrogen) atoms. The number of carbonyl (C=O) groups excluding carboxylic acids is 3. The molecule has 1 aromatic carbocycles. The van der Waals surface area contributed by atoms with Crippen molar-refractivity contribution in [3.8, 4) is 0 Å². The summed E-state index contributed by atoms with van der Waals surface area (Å²) in [4.78, 5) is 37.9. The van der Waals surface area contributed by atoms with Crippen LogP contribution in [0, 0.1) is 0 Å². The molecule has 0 spiro atoms. The largest absolute Gasteiger partial charge is 0.348 e. The summed E-state index contributed by atoms with van der Waals surface area (Å²) in [6.07, 6.45) is 2.41. The highest BCUT2D eigenvalue weighted by molar-refractivity contribution is 5.95. The maximum Gasteiger partial charge on any atom is 0.230 e. The van der Waals surface area contributed by atoms with Gasteiger partial charge >= 0.3 is 0 Å². The number of hydrogen-bond acceptors (Lipinski definition) is 3. The minimum absolute atomic E-state index is 0.0906. The van der Waals surface area contributed by atoms with Gasteiger partial charge in [-0.1, -0.05) is 12.1 Å². The Morgan fingerprint density at radius 2 is 2.00 bits per heavy atom. The molecule has 2 rings (SSSR count). The zero-order valence-corrected chi connectivity index (χ0v) is 12.4. The molecule has 1 aliphatic heterocycles. The van der Waals surface area contributed by atoms with E-state index >= 15 is 0 Å². The lowest BCUT2D eigenvalue weighted by Crippen LogP contribution is -2.28. The van der Waals surface area contributed by atoms with E-state index in [0.717, 1.165) is 30.5 Å². The fourth-order valence-corrected chi connectivity index (χ4v) is 2.60. The molecule has 0 N–H and O–H groups in total. The number of likely N-dealkylation sites (N-methyl/N-ethyl adjacent to an activating group) is 1. The maximum absolute atomic E-state index is 12.1. The van der Waals surface area contributed by atoms with Gasteiger partial charge in [-0.25, -0.2) is 0 Å². The molecule has 2 amide bonds.